The first-order valence-corrected chi connectivity index (χ1v) is 6.42. The van der Waals surface area contributed by atoms with E-state index < -0.39 is 12.1 Å². The lowest BCUT2D eigenvalue weighted by atomic mass is 10.1. The molecule has 0 radical (unpaired) electrons. The first-order valence-electron chi connectivity index (χ1n) is 6.42. The Labute approximate surface area is 107 Å². The molecule has 1 N–H and O–H groups in total. The number of aliphatic hydroxyl groups is 1. The highest BCUT2D eigenvalue weighted by molar-refractivity contribution is 5.76. The highest BCUT2D eigenvalue weighted by Crippen LogP contribution is 2.24. The second-order valence-electron chi connectivity index (χ2n) is 4.44. The van der Waals surface area contributed by atoms with Crippen molar-refractivity contribution in [3.63, 3.8) is 0 Å². The summed E-state index contributed by atoms with van der Waals surface area (Å²) in [5.41, 5.74) is 1.66. The SMILES string of the molecule is CCOC(=O)C(O)c1cccc(N2CCCC2)c1. The fraction of sp³-hybridized carbons (Fsp3) is 0.500. The largest absolute Gasteiger partial charge is 0.464 e. The zero-order chi connectivity index (χ0) is 13.0. The molecule has 1 fully saturated rings. The number of esters is 1. The maximum absolute atomic E-state index is 11.5. The van der Waals surface area contributed by atoms with E-state index >= 15 is 0 Å². The van der Waals surface area contributed by atoms with Crippen LogP contribution >= 0.6 is 0 Å². The lowest BCUT2D eigenvalue weighted by molar-refractivity contribution is -0.153. The van der Waals surface area contributed by atoms with Crippen LogP contribution in [0.4, 0.5) is 5.69 Å². The van der Waals surface area contributed by atoms with Gasteiger partial charge in [0.25, 0.3) is 0 Å². The molecule has 1 aliphatic rings. The molecule has 0 aliphatic carbocycles. The third-order valence-electron chi connectivity index (χ3n) is 3.17. The van der Waals surface area contributed by atoms with Crippen LogP contribution in [-0.4, -0.2) is 30.8 Å². The Morgan fingerprint density at radius 3 is 2.83 bits per heavy atom. The summed E-state index contributed by atoms with van der Waals surface area (Å²) in [6.07, 6.45) is 1.21. The number of hydrogen-bond acceptors (Lipinski definition) is 4. The van der Waals surface area contributed by atoms with Crippen LogP contribution in [0.1, 0.15) is 31.4 Å². The molecule has 1 aromatic rings. The molecule has 1 saturated heterocycles. The quantitative estimate of drug-likeness (QED) is 0.828. The summed E-state index contributed by atoms with van der Waals surface area (Å²) in [4.78, 5) is 13.8. The number of rotatable bonds is 4. The monoisotopic (exact) mass is 249 g/mol. The number of carbonyl (C=O) groups excluding carboxylic acids is 1. The molecule has 0 spiro atoms. The van der Waals surface area contributed by atoms with E-state index in [2.05, 4.69) is 4.90 Å². The first kappa shape index (κ1) is 12.9. The summed E-state index contributed by atoms with van der Waals surface area (Å²) < 4.78 is 4.82. The fourth-order valence-electron chi connectivity index (χ4n) is 2.22. The zero-order valence-electron chi connectivity index (χ0n) is 10.6. The van der Waals surface area contributed by atoms with E-state index in [0.29, 0.717) is 5.56 Å². The highest BCUT2D eigenvalue weighted by Gasteiger charge is 2.20. The normalized spacial score (nSPS) is 16.7. The molecule has 2 rings (SSSR count). The van der Waals surface area contributed by atoms with Gasteiger partial charge in [0.2, 0.25) is 0 Å². The van der Waals surface area contributed by atoms with Gasteiger partial charge in [0.15, 0.2) is 6.10 Å². The van der Waals surface area contributed by atoms with E-state index in [1.807, 2.05) is 18.2 Å². The minimum Gasteiger partial charge on any atom is -0.464 e. The average molecular weight is 249 g/mol. The van der Waals surface area contributed by atoms with Crippen LogP contribution < -0.4 is 4.90 Å². The third kappa shape index (κ3) is 2.82. The highest BCUT2D eigenvalue weighted by atomic mass is 16.5. The number of nitrogens with zero attached hydrogens (tertiary/aromatic N) is 1. The summed E-state index contributed by atoms with van der Waals surface area (Å²) in [5, 5.41) is 9.89. The maximum Gasteiger partial charge on any atom is 0.339 e. The molecule has 4 heteroatoms. The van der Waals surface area contributed by atoms with Crippen molar-refractivity contribution in [1.82, 2.24) is 0 Å². The standard InChI is InChI=1S/C14H19NO3/c1-2-18-14(17)13(16)11-6-5-7-12(10-11)15-8-3-4-9-15/h5-7,10,13,16H,2-4,8-9H2,1H3. The Balaban J connectivity index is 2.13. The molecule has 1 aliphatic heterocycles. The Hall–Kier alpha value is -1.55. The van der Waals surface area contributed by atoms with Gasteiger partial charge < -0.3 is 14.7 Å². The molecular formula is C14H19NO3. The van der Waals surface area contributed by atoms with Gasteiger partial charge in [-0.15, -0.1) is 0 Å². The van der Waals surface area contributed by atoms with Gasteiger partial charge in [-0.05, 0) is 37.5 Å². The van der Waals surface area contributed by atoms with E-state index in [-0.39, 0.29) is 6.61 Å². The van der Waals surface area contributed by atoms with Crippen LogP contribution in [0.3, 0.4) is 0 Å². The van der Waals surface area contributed by atoms with Crippen molar-refractivity contribution in [3.8, 4) is 0 Å². The second kappa shape index (κ2) is 5.87. The Kier molecular flexibility index (Phi) is 4.20. The molecule has 0 saturated carbocycles. The smallest absolute Gasteiger partial charge is 0.339 e. The predicted octanol–water partition coefficient (Wildman–Crippen LogP) is 1.88. The molecule has 1 unspecified atom stereocenters. The van der Waals surface area contributed by atoms with Crippen molar-refractivity contribution in [2.45, 2.75) is 25.9 Å². The van der Waals surface area contributed by atoms with Crippen LogP contribution in [0.15, 0.2) is 24.3 Å². The first-order chi connectivity index (χ1) is 8.72. The number of benzene rings is 1. The molecule has 0 amide bonds. The van der Waals surface area contributed by atoms with Crippen molar-refractivity contribution < 1.29 is 14.6 Å². The van der Waals surface area contributed by atoms with Crippen LogP contribution in [0.2, 0.25) is 0 Å². The molecule has 1 atom stereocenters. The molecule has 0 bridgehead atoms. The Morgan fingerprint density at radius 1 is 1.44 bits per heavy atom. The maximum atomic E-state index is 11.5. The fourth-order valence-corrected chi connectivity index (χ4v) is 2.22. The summed E-state index contributed by atoms with van der Waals surface area (Å²) in [5.74, 6) is -0.587. The summed E-state index contributed by atoms with van der Waals surface area (Å²) in [6, 6.07) is 7.49. The molecule has 0 aromatic heterocycles. The zero-order valence-corrected chi connectivity index (χ0v) is 10.6. The predicted molar refractivity (Wildman–Crippen MR) is 69.5 cm³/mol. The molecule has 98 valence electrons. The third-order valence-corrected chi connectivity index (χ3v) is 3.17. The van der Waals surface area contributed by atoms with Crippen LogP contribution in [0, 0.1) is 0 Å². The molecule has 1 aromatic carbocycles. The molecular weight excluding hydrogens is 230 g/mol. The minimum absolute atomic E-state index is 0.279. The lowest BCUT2D eigenvalue weighted by Crippen LogP contribution is -2.19. The van der Waals surface area contributed by atoms with Crippen molar-refractivity contribution in [2.24, 2.45) is 0 Å². The van der Waals surface area contributed by atoms with Gasteiger partial charge in [-0.1, -0.05) is 12.1 Å². The van der Waals surface area contributed by atoms with E-state index in [1.54, 1.807) is 13.0 Å². The van der Waals surface area contributed by atoms with Gasteiger partial charge in [-0.3, -0.25) is 0 Å². The summed E-state index contributed by atoms with van der Waals surface area (Å²) >= 11 is 0. The van der Waals surface area contributed by atoms with Gasteiger partial charge in [0.05, 0.1) is 6.61 Å². The van der Waals surface area contributed by atoms with E-state index in [4.69, 9.17) is 4.74 Å². The van der Waals surface area contributed by atoms with E-state index in [9.17, 15) is 9.90 Å². The summed E-state index contributed by atoms with van der Waals surface area (Å²) in [7, 11) is 0. The molecule has 1 heterocycles. The van der Waals surface area contributed by atoms with Crippen LogP contribution in [0.5, 0.6) is 0 Å². The van der Waals surface area contributed by atoms with Gasteiger partial charge in [-0.2, -0.15) is 0 Å². The number of ether oxygens (including phenoxy) is 1. The number of carbonyl (C=O) groups is 1. The van der Waals surface area contributed by atoms with Crippen molar-refractivity contribution >= 4 is 11.7 Å². The van der Waals surface area contributed by atoms with Crippen molar-refractivity contribution in [2.75, 3.05) is 24.6 Å². The van der Waals surface area contributed by atoms with Crippen molar-refractivity contribution in [3.05, 3.63) is 29.8 Å². The van der Waals surface area contributed by atoms with Crippen molar-refractivity contribution in [1.29, 1.82) is 0 Å². The number of anilines is 1. The Bertz CT molecular complexity index is 413. The second-order valence-corrected chi connectivity index (χ2v) is 4.44. The average Bonchev–Trinajstić information content (AvgIpc) is 2.92. The van der Waals surface area contributed by atoms with Gasteiger partial charge in [-0.25, -0.2) is 4.79 Å². The van der Waals surface area contributed by atoms with Gasteiger partial charge in [0, 0.05) is 18.8 Å². The van der Waals surface area contributed by atoms with E-state index in [1.165, 1.54) is 12.8 Å². The Morgan fingerprint density at radius 2 is 2.17 bits per heavy atom. The molecule has 18 heavy (non-hydrogen) atoms. The van der Waals surface area contributed by atoms with E-state index in [0.717, 1.165) is 18.8 Å². The molecule has 4 nitrogen and oxygen atoms in total. The van der Waals surface area contributed by atoms with Crippen LogP contribution in [0.25, 0.3) is 0 Å². The van der Waals surface area contributed by atoms with Gasteiger partial charge in [0.1, 0.15) is 0 Å². The van der Waals surface area contributed by atoms with Gasteiger partial charge >= 0.3 is 5.97 Å². The number of aliphatic hydroxyl groups excluding tert-OH is 1. The summed E-state index contributed by atoms with van der Waals surface area (Å²) in [6.45, 7) is 4.09. The minimum atomic E-state index is -1.19. The topological polar surface area (TPSA) is 49.8 Å². The lowest BCUT2D eigenvalue weighted by Gasteiger charge is -2.19. The number of hydrogen-bond donors (Lipinski definition) is 1. The van der Waals surface area contributed by atoms with Crippen LogP contribution in [-0.2, 0) is 9.53 Å².